The van der Waals surface area contributed by atoms with Gasteiger partial charge in [0, 0.05) is 24.0 Å². The summed E-state index contributed by atoms with van der Waals surface area (Å²) in [7, 11) is 0. The second-order valence-electron chi connectivity index (χ2n) is 5.24. The highest BCUT2D eigenvalue weighted by Crippen LogP contribution is 2.27. The lowest BCUT2D eigenvalue weighted by molar-refractivity contribution is 0.102. The maximum Gasteiger partial charge on any atom is 0.256 e. The minimum absolute atomic E-state index is 0.209. The molecule has 3 aromatic heterocycles. The van der Waals surface area contributed by atoms with Crippen molar-refractivity contribution in [3.8, 4) is 5.13 Å². The number of amides is 1. The zero-order valence-corrected chi connectivity index (χ0v) is 13.6. The first-order chi connectivity index (χ1) is 11.7. The molecule has 4 rings (SSSR count). The SMILES string of the molecule is Cc1cc(NC(=O)c2ccncc2)n(-c2nc3ccccc3s2)n1. The molecule has 0 atom stereocenters. The van der Waals surface area contributed by atoms with Crippen molar-refractivity contribution in [2.75, 3.05) is 5.32 Å². The van der Waals surface area contributed by atoms with Gasteiger partial charge in [-0.2, -0.15) is 9.78 Å². The molecule has 1 aromatic carbocycles. The van der Waals surface area contributed by atoms with Gasteiger partial charge in [0.05, 0.1) is 15.9 Å². The van der Waals surface area contributed by atoms with E-state index in [1.165, 1.54) is 11.3 Å². The molecule has 1 N–H and O–H groups in total. The molecule has 0 aliphatic heterocycles. The summed E-state index contributed by atoms with van der Waals surface area (Å²) in [5.74, 6) is 0.382. The van der Waals surface area contributed by atoms with Gasteiger partial charge in [0.15, 0.2) is 0 Å². The number of rotatable bonds is 3. The Bertz CT molecular complexity index is 989. The fraction of sp³-hybridized carbons (Fsp3) is 0.0588. The number of para-hydroxylation sites is 1. The summed E-state index contributed by atoms with van der Waals surface area (Å²) in [5, 5.41) is 8.07. The Morgan fingerprint density at radius 2 is 1.96 bits per heavy atom. The molecule has 0 saturated carbocycles. The van der Waals surface area contributed by atoms with E-state index in [9.17, 15) is 4.79 Å². The van der Waals surface area contributed by atoms with Gasteiger partial charge in [0.2, 0.25) is 5.13 Å². The lowest BCUT2D eigenvalue weighted by Gasteiger charge is -2.06. The number of nitrogens with one attached hydrogen (secondary N) is 1. The van der Waals surface area contributed by atoms with E-state index in [0.717, 1.165) is 15.9 Å². The Balaban J connectivity index is 1.71. The minimum atomic E-state index is -0.209. The smallest absolute Gasteiger partial charge is 0.256 e. The number of nitrogens with zero attached hydrogens (tertiary/aromatic N) is 4. The summed E-state index contributed by atoms with van der Waals surface area (Å²) in [4.78, 5) is 20.9. The van der Waals surface area contributed by atoms with E-state index in [4.69, 9.17) is 0 Å². The van der Waals surface area contributed by atoms with E-state index >= 15 is 0 Å². The number of hydrogen-bond donors (Lipinski definition) is 1. The van der Waals surface area contributed by atoms with Crippen LogP contribution in [0.5, 0.6) is 0 Å². The van der Waals surface area contributed by atoms with E-state index < -0.39 is 0 Å². The zero-order valence-electron chi connectivity index (χ0n) is 12.8. The van der Waals surface area contributed by atoms with Gasteiger partial charge in [0.25, 0.3) is 5.91 Å². The number of carbonyl (C=O) groups excluding carboxylic acids is 1. The van der Waals surface area contributed by atoms with Crippen molar-refractivity contribution < 1.29 is 4.79 Å². The Morgan fingerprint density at radius 3 is 2.75 bits per heavy atom. The molecule has 24 heavy (non-hydrogen) atoms. The van der Waals surface area contributed by atoms with Gasteiger partial charge < -0.3 is 5.32 Å². The molecule has 0 fully saturated rings. The average Bonchev–Trinajstić information content (AvgIpc) is 3.18. The number of thiazole rings is 1. The highest BCUT2D eigenvalue weighted by atomic mass is 32.1. The van der Waals surface area contributed by atoms with Crippen molar-refractivity contribution in [2.45, 2.75) is 6.92 Å². The highest BCUT2D eigenvalue weighted by Gasteiger charge is 2.15. The molecule has 6 nitrogen and oxygen atoms in total. The van der Waals surface area contributed by atoms with Crippen LogP contribution in [0.25, 0.3) is 15.3 Å². The predicted octanol–water partition coefficient (Wildman–Crippen LogP) is 3.44. The normalized spacial score (nSPS) is 10.9. The van der Waals surface area contributed by atoms with Crippen LogP contribution < -0.4 is 5.32 Å². The first-order valence-electron chi connectivity index (χ1n) is 7.35. The first-order valence-corrected chi connectivity index (χ1v) is 8.16. The molecular weight excluding hydrogens is 322 g/mol. The molecule has 4 aromatic rings. The number of hydrogen-bond acceptors (Lipinski definition) is 5. The molecule has 0 aliphatic rings. The van der Waals surface area contributed by atoms with E-state index in [1.807, 2.05) is 37.3 Å². The second kappa shape index (κ2) is 5.86. The number of pyridine rings is 1. The fourth-order valence-electron chi connectivity index (χ4n) is 2.38. The summed E-state index contributed by atoms with van der Waals surface area (Å²) in [6.07, 6.45) is 3.18. The van der Waals surface area contributed by atoms with Gasteiger partial charge in [-0.15, -0.1) is 0 Å². The van der Waals surface area contributed by atoms with Crippen LogP contribution in [0.1, 0.15) is 16.1 Å². The highest BCUT2D eigenvalue weighted by molar-refractivity contribution is 7.20. The van der Waals surface area contributed by atoms with Gasteiger partial charge in [-0.1, -0.05) is 23.5 Å². The van der Waals surface area contributed by atoms with Crippen LogP contribution in [0.2, 0.25) is 0 Å². The Hall–Kier alpha value is -3.06. The van der Waals surface area contributed by atoms with Crippen molar-refractivity contribution in [1.29, 1.82) is 0 Å². The lowest BCUT2D eigenvalue weighted by Crippen LogP contribution is -2.15. The third-order valence-corrected chi connectivity index (χ3v) is 4.49. The monoisotopic (exact) mass is 335 g/mol. The van der Waals surface area contributed by atoms with E-state index in [0.29, 0.717) is 16.5 Å². The number of aromatic nitrogens is 4. The molecule has 0 aliphatic carbocycles. The van der Waals surface area contributed by atoms with Gasteiger partial charge in [-0.3, -0.25) is 9.78 Å². The fourth-order valence-corrected chi connectivity index (χ4v) is 3.31. The predicted molar refractivity (Wildman–Crippen MR) is 93.7 cm³/mol. The molecule has 7 heteroatoms. The summed E-state index contributed by atoms with van der Waals surface area (Å²) in [5.41, 5.74) is 2.26. The van der Waals surface area contributed by atoms with Crippen molar-refractivity contribution in [3.05, 3.63) is 66.1 Å². The molecular formula is C17H13N5OS. The Kier molecular flexibility index (Phi) is 3.55. The van der Waals surface area contributed by atoms with Crippen LogP contribution >= 0.6 is 11.3 Å². The van der Waals surface area contributed by atoms with Gasteiger partial charge in [0.1, 0.15) is 5.82 Å². The van der Waals surface area contributed by atoms with Crippen LogP contribution in [0.4, 0.5) is 5.82 Å². The van der Waals surface area contributed by atoms with Gasteiger partial charge >= 0.3 is 0 Å². The van der Waals surface area contributed by atoms with Crippen molar-refractivity contribution in [1.82, 2.24) is 19.7 Å². The van der Waals surface area contributed by atoms with E-state index in [2.05, 4.69) is 20.4 Å². The maximum atomic E-state index is 12.4. The van der Waals surface area contributed by atoms with Crippen LogP contribution in [-0.4, -0.2) is 25.7 Å². The van der Waals surface area contributed by atoms with Crippen LogP contribution in [0, 0.1) is 6.92 Å². The molecule has 1 amide bonds. The number of fused-ring (bicyclic) bond motifs is 1. The summed E-state index contributed by atoms with van der Waals surface area (Å²) >= 11 is 1.53. The minimum Gasteiger partial charge on any atom is -0.306 e. The molecule has 0 radical (unpaired) electrons. The van der Waals surface area contributed by atoms with Crippen molar-refractivity contribution in [2.24, 2.45) is 0 Å². The topological polar surface area (TPSA) is 72.7 Å². The second-order valence-corrected chi connectivity index (χ2v) is 6.25. The largest absolute Gasteiger partial charge is 0.306 e. The Labute approximate surface area is 141 Å². The third-order valence-electron chi connectivity index (χ3n) is 3.48. The molecule has 0 bridgehead atoms. The lowest BCUT2D eigenvalue weighted by atomic mass is 10.2. The summed E-state index contributed by atoms with van der Waals surface area (Å²) < 4.78 is 2.74. The number of benzene rings is 1. The number of carbonyl (C=O) groups is 1. The van der Waals surface area contributed by atoms with Crippen LogP contribution in [0.3, 0.4) is 0 Å². The standard InChI is InChI=1S/C17H13N5OS/c1-11-10-15(20-16(23)12-6-8-18-9-7-12)22(21-11)17-19-13-4-2-3-5-14(13)24-17/h2-10H,1H3,(H,20,23). The van der Waals surface area contributed by atoms with E-state index in [-0.39, 0.29) is 5.91 Å². The first kappa shape index (κ1) is 14.5. The van der Waals surface area contributed by atoms with Gasteiger partial charge in [-0.05, 0) is 31.2 Å². The molecule has 0 saturated heterocycles. The molecule has 0 spiro atoms. The summed E-state index contributed by atoms with van der Waals surface area (Å²) in [6.45, 7) is 1.88. The van der Waals surface area contributed by atoms with Crippen molar-refractivity contribution in [3.63, 3.8) is 0 Å². The Morgan fingerprint density at radius 1 is 1.17 bits per heavy atom. The summed E-state index contributed by atoms with van der Waals surface area (Å²) in [6, 6.07) is 13.1. The van der Waals surface area contributed by atoms with Crippen LogP contribution in [0.15, 0.2) is 54.9 Å². The van der Waals surface area contributed by atoms with Crippen LogP contribution in [-0.2, 0) is 0 Å². The van der Waals surface area contributed by atoms with Crippen molar-refractivity contribution >= 4 is 33.3 Å². The zero-order chi connectivity index (χ0) is 16.5. The molecule has 0 unspecified atom stereocenters. The van der Waals surface area contributed by atoms with E-state index in [1.54, 1.807) is 29.2 Å². The average molecular weight is 335 g/mol. The van der Waals surface area contributed by atoms with Gasteiger partial charge in [-0.25, -0.2) is 4.98 Å². The molecule has 3 heterocycles. The number of anilines is 1. The maximum absolute atomic E-state index is 12.4. The molecule has 118 valence electrons. The quantitative estimate of drug-likeness (QED) is 0.622. The number of aryl methyl sites for hydroxylation is 1. The third kappa shape index (κ3) is 2.65.